The largest absolute Gasteiger partial charge is 0.480 e. The lowest BCUT2D eigenvalue weighted by molar-refractivity contribution is -0.143. The first-order valence-corrected chi connectivity index (χ1v) is 6.29. The maximum atomic E-state index is 11.6. The minimum absolute atomic E-state index is 0.632. The summed E-state index contributed by atoms with van der Waals surface area (Å²) in [5.41, 5.74) is 1.18. The summed E-state index contributed by atoms with van der Waals surface area (Å²) in [6, 6.07) is 7.83. The summed E-state index contributed by atoms with van der Waals surface area (Å²) in [5.74, 6) is -0.751. The third kappa shape index (κ3) is 2.48. The normalized spacial score (nSPS) is 19.4. The second-order valence-corrected chi connectivity index (χ2v) is 5.13. The molecule has 0 atom stereocenters. The number of likely N-dealkylation sites (tertiary alicyclic amines) is 1. The van der Waals surface area contributed by atoms with Crippen LogP contribution in [-0.2, 0) is 4.79 Å². The minimum Gasteiger partial charge on any atom is -0.480 e. The highest BCUT2D eigenvalue weighted by molar-refractivity contribution is 5.83. The topological polar surface area (TPSA) is 52.6 Å². The van der Waals surface area contributed by atoms with Crippen LogP contribution < -0.4 is 5.32 Å². The Hall–Kier alpha value is -1.55. The van der Waals surface area contributed by atoms with Crippen LogP contribution in [-0.4, -0.2) is 41.7 Å². The minimum atomic E-state index is -0.821. The van der Waals surface area contributed by atoms with Crippen LogP contribution in [0.2, 0.25) is 0 Å². The lowest BCUT2D eigenvalue weighted by Gasteiger charge is -2.38. The zero-order chi connectivity index (χ0) is 13.2. The second-order valence-electron chi connectivity index (χ2n) is 5.13. The summed E-state index contributed by atoms with van der Waals surface area (Å²) in [5, 5.41) is 12.8. The van der Waals surface area contributed by atoms with Crippen molar-refractivity contribution in [3.05, 3.63) is 29.8 Å². The van der Waals surface area contributed by atoms with E-state index < -0.39 is 11.5 Å². The predicted octanol–water partition coefficient (Wildman–Crippen LogP) is 1.96. The molecule has 4 heteroatoms. The van der Waals surface area contributed by atoms with E-state index in [1.54, 1.807) is 0 Å². The molecule has 1 saturated heterocycles. The summed E-state index contributed by atoms with van der Waals surface area (Å²) < 4.78 is 0. The Balaban J connectivity index is 2.22. The van der Waals surface area contributed by atoms with Gasteiger partial charge < -0.3 is 15.3 Å². The van der Waals surface area contributed by atoms with Gasteiger partial charge in [-0.1, -0.05) is 18.2 Å². The van der Waals surface area contributed by atoms with Crippen molar-refractivity contribution in [2.24, 2.45) is 0 Å². The third-order valence-electron chi connectivity index (χ3n) is 3.77. The van der Waals surface area contributed by atoms with Gasteiger partial charge in [-0.2, -0.15) is 0 Å². The van der Waals surface area contributed by atoms with Crippen LogP contribution in [0.5, 0.6) is 0 Å². The quantitative estimate of drug-likeness (QED) is 0.858. The number of hydrogen-bond donors (Lipinski definition) is 2. The van der Waals surface area contributed by atoms with E-state index in [-0.39, 0.29) is 0 Å². The third-order valence-corrected chi connectivity index (χ3v) is 3.77. The fourth-order valence-electron chi connectivity index (χ4n) is 2.36. The van der Waals surface area contributed by atoms with Gasteiger partial charge in [-0.05, 0) is 38.4 Å². The van der Waals surface area contributed by atoms with E-state index in [1.807, 2.05) is 38.2 Å². The number of carboxylic acids is 1. The Bertz CT molecular complexity index is 437. The number of aliphatic carboxylic acids is 1. The van der Waals surface area contributed by atoms with Crippen molar-refractivity contribution in [1.29, 1.82) is 0 Å². The molecular formula is C14H20N2O2. The number of piperidine rings is 1. The number of aryl methyl sites for hydroxylation is 1. The van der Waals surface area contributed by atoms with Gasteiger partial charge in [0.2, 0.25) is 0 Å². The van der Waals surface area contributed by atoms with Gasteiger partial charge >= 0.3 is 5.97 Å². The number of nitrogens with zero attached hydrogens (tertiary/aromatic N) is 1. The summed E-state index contributed by atoms with van der Waals surface area (Å²) in [7, 11) is 2.03. The molecule has 98 valence electrons. The van der Waals surface area contributed by atoms with Crippen molar-refractivity contribution in [3.63, 3.8) is 0 Å². The van der Waals surface area contributed by atoms with Gasteiger partial charge in [0.15, 0.2) is 0 Å². The molecule has 0 aromatic heterocycles. The molecule has 0 unspecified atom stereocenters. The Morgan fingerprint density at radius 2 is 1.94 bits per heavy atom. The number of rotatable bonds is 3. The first-order chi connectivity index (χ1) is 8.53. The number of para-hydroxylation sites is 1. The van der Waals surface area contributed by atoms with Crippen molar-refractivity contribution < 1.29 is 9.90 Å². The number of anilines is 1. The van der Waals surface area contributed by atoms with Gasteiger partial charge in [-0.25, -0.2) is 4.79 Å². The first kappa shape index (κ1) is 12.9. The van der Waals surface area contributed by atoms with Crippen molar-refractivity contribution in [3.8, 4) is 0 Å². The van der Waals surface area contributed by atoms with Crippen LogP contribution in [0.15, 0.2) is 24.3 Å². The van der Waals surface area contributed by atoms with Crippen molar-refractivity contribution in [1.82, 2.24) is 4.90 Å². The molecule has 1 aliphatic rings. The average Bonchev–Trinajstić information content (AvgIpc) is 2.35. The predicted molar refractivity (Wildman–Crippen MR) is 71.9 cm³/mol. The summed E-state index contributed by atoms with van der Waals surface area (Å²) in [6.07, 6.45) is 1.26. The summed E-state index contributed by atoms with van der Waals surface area (Å²) in [6.45, 7) is 3.61. The van der Waals surface area contributed by atoms with Crippen molar-refractivity contribution in [2.75, 3.05) is 25.5 Å². The lowest BCUT2D eigenvalue weighted by Crippen LogP contribution is -2.53. The van der Waals surface area contributed by atoms with Gasteiger partial charge in [-0.3, -0.25) is 0 Å². The van der Waals surface area contributed by atoms with E-state index in [9.17, 15) is 9.90 Å². The van der Waals surface area contributed by atoms with E-state index in [0.29, 0.717) is 12.8 Å². The van der Waals surface area contributed by atoms with Gasteiger partial charge in [0.05, 0.1) is 0 Å². The molecule has 4 nitrogen and oxygen atoms in total. The molecule has 0 amide bonds. The molecule has 1 aromatic rings. The smallest absolute Gasteiger partial charge is 0.329 e. The van der Waals surface area contributed by atoms with Crippen LogP contribution in [0.1, 0.15) is 18.4 Å². The summed E-state index contributed by atoms with van der Waals surface area (Å²) in [4.78, 5) is 13.8. The van der Waals surface area contributed by atoms with Gasteiger partial charge in [0, 0.05) is 18.8 Å². The van der Waals surface area contributed by atoms with E-state index in [2.05, 4.69) is 10.2 Å². The molecule has 1 aromatic carbocycles. The highest BCUT2D eigenvalue weighted by Gasteiger charge is 2.41. The molecule has 0 spiro atoms. The zero-order valence-corrected chi connectivity index (χ0v) is 10.9. The van der Waals surface area contributed by atoms with Crippen LogP contribution in [0, 0.1) is 6.92 Å². The Kier molecular flexibility index (Phi) is 3.57. The van der Waals surface area contributed by atoms with Crippen molar-refractivity contribution in [2.45, 2.75) is 25.3 Å². The molecule has 0 radical (unpaired) electrons. The molecule has 0 saturated carbocycles. The van der Waals surface area contributed by atoms with Crippen LogP contribution in [0.25, 0.3) is 0 Å². The first-order valence-electron chi connectivity index (χ1n) is 6.29. The monoisotopic (exact) mass is 248 g/mol. The highest BCUT2D eigenvalue weighted by Crippen LogP contribution is 2.28. The van der Waals surface area contributed by atoms with Crippen molar-refractivity contribution >= 4 is 11.7 Å². The molecule has 1 heterocycles. The van der Waals surface area contributed by atoms with Crippen LogP contribution in [0.4, 0.5) is 5.69 Å². The van der Waals surface area contributed by atoms with Gasteiger partial charge in [0.1, 0.15) is 5.54 Å². The lowest BCUT2D eigenvalue weighted by atomic mass is 9.87. The molecule has 2 rings (SSSR count). The molecule has 18 heavy (non-hydrogen) atoms. The molecular weight excluding hydrogens is 228 g/mol. The molecule has 1 aliphatic heterocycles. The van der Waals surface area contributed by atoms with Gasteiger partial charge in [-0.15, -0.1) is 0 Å². The van der Waals surface area contributed by atoms with E-state index in [0.717, 1.165) is 24.3 Å². The average molecular weight is 248 g/mol. The maximum Gasteiger partial charge on any atom is 0.329 e. The molecule has 0 bridgehead atoms. The number of carbonyl (C=O) groups is 1. The van der Waals surface area contributed by atoms with Crippen LogP contribution in [0.3, 0.4) is 0 Å². The van der Waals surface area contributed by atoms with E-state index in [1.165, 1.54) is 0 Å². The molecule has 2 N–H and O–H groups in total. The Morgan fingerprint density at radius 1 is 1.33 bits per heavy atom. The standard InChI is InChI=1S/C14H20N2O2/c1-11-5-3-4-6-12(11)15-14(13(17)18)7-9-16(2)10-8-14/h3-6,15H,7-10H2,1-2H3,(H,17,18). The zero-order valence-electron chi connectivity index (χ0n) is 10.9. The number of hydrogen-bond acceptors (Lipinski definition) is 3. The van der Waals surface area contributed by atoms with E-state index >= 15 is 0 Å². The van der Waals surface area contributed by atoms with Crippen LogP contribution >= 0.6 is 0 Å². The van der Waals surface area contributed by atoms with Gasteiger partial charge in [0.25, 0.3) is 0 Å². The Labute approximate surface area is 108 Å². The number of nitrogens with one attached hydrogen (secondary N) is 1. The maximum absolute atomic E-state index is 11.6. The molecule has 0 aliphatic carbocycles. The molecule has 1 fully saturated rings. The number of carboxylic acid groups (broad SMARTS) is 1. The van der Waals surface area contributed by atoms with E-state index in [4.69, 9.17) is 0 Å². The highest BCUT2D eigenvalue weighted by atomic mass is 16.4. The second kappa shape index (κ2) is 4.98. The fourth-order valence-corrected chi connectivity index (χ4v) is 2.36. The summed E-state index contributed by atoms with van der Waals surface area (Å²) >= 11 is 0. The Morgan fingerprint density at radius 3 is 2.50 bits per heavy atom. The fraction of sp³-hybridized carbons (Fsp3) is 0.500. The SMILES string of the molecule is Cc1ccccc1NC1(C(=O)O)CCN(C)CC1. The number of benzene rings is 1.